The Kier molecular flexibility index (Phi) is 5.29. The van der Waals surface area contributed by atoms with Crippen molar-refractivity contribution in [3.63, 3.8) is 0 Å². The zero-order valence-electron chi connectivity index (χ0n) is 15.3. The van der Waals surface area contributed by atoms with Gasteiger partial charge in [-0.1, -0.05) is 12.1 Å². The molecule has 146 valence electrons. The monoisotopic (exact) mass is 400 g/mol. The van der Waals surface area contributed by atoms with Crippen molar-refractivity contribution in [2.24, 2.45) is 0 Å². The van der Waals surface area contributed by atoms with Crippen molar-refractivity contribution >= 4 is 29.3 Å². The number of amides is 2. The van der Waals surface area contributed by atoms with Crippen LogP contribution in [0.4, 0.5) is 5.69 Å². The molecule has 2 aromatic rings. The summed E-state index contributed by atoms with van der Waals surface area (Å²) in [6.45, 7) is 1.24. The summed E-state index contributed by atoms with van der Waals surface area (Å²) in [5.74, 6) is 1.82. The van der Waals surface area contributed by atoms with Gasteiger partial charge >= 0.3 is 0 Å². The van der Waals surface area contributed by atoms with Crippen molar-refractivity contribution in [1.82, 2.24) is 5.32 Å². The second-order valence-electron chi connectivity index (χ2n) is 6.29. The Bertz CT molecular complexity index is 904. The predicted molar refractivity (Wildman–Crippen MR) is 105 cm³/mol. The smallest absolute Gasteiger partial charge is 0.262 e. The number of nitrogens with zero attached hydrogens (tertiary/aromatic N) is 1. The molecule has 0 aromatic heterocycles. The van der Waals surface area contributed by atoms with Gasteiger partial charge in [-0.3, -0.25) is 9.59 Å². The molecule has 4 rings (SSSR count). The van der Waals surface area contributed by atoms with Crippen LogP contribution in [0.2, 0.25) is 0 Å². The molecule has 0 radical (unpaired) electrons. The number of rotatable bonds is 4. The van der Waals surface area contributed by atoms with Gasteiger partial charge in [-0.2, -0.15) is 0 Å². The quantitative estimate of drug-likeness (QED) is 0.792. The number of anilines is 1. The van der Waals surface area contributed by atoms with E-state index in [9.17, 15) is 9.59 Å². The van der Waals surface area contributed by atoms with Gasteiger partial charge in [0.25, 0.3) is 5.91 Å². The Morgan fingerprint density at radius 2 is 1.89 bits per heavy atom. The first-order valence-corrected chi connectivity index (χ1v) is 9.94. The first-order chi connectivity index (χ1) is 13.7. The van der Waals surface area contributed by atoms with Gasteiger partial charge in [0.2, 0.25) is 5.91 Å². The van der Waals surface area contributed by atoms with E-state index >= 15 is 0 Å². The Morgan fingerprint density at radius 1 is 1.11 bits per heavy atom. The van der Waals surface area contributed by atoms with E-state index in [0.29, 0.717) is 30.4 Å². The molecule has 8 heteroatoms. The maximum atomic E-state index is 12.9. The number of hydrogen-bond donors (Lipinski definition) is 1. The molecule has 1 atom stereocenters. The Hall–Kier alpha value is -2.87. The lowest BCUT2D eigenvalue weighted by Gasteiger charge is -2.34. The van der Waals surface area contributed by atoms with Gasteiger partial charge in [-0.05, 0) is 30.3 Å². The minimum atomic E-state index is -0.733. The van der Waals surface area contributed by atoms with Crippen LogP contribution in [0.5, 0.6) is 17.2 Å². The van der Waals surface area contributed by atoms with Crippen LogP contribution in [0.25, 0.3) is 0 Å². The number of carbonyl (C=O) groups is 2. The Morgan fingerprint density at radius 3 is 2.71 bits per heavy atom. The molecule has 2 aromatic carbocycles. The van der Waals surface area contributed by atoms with Gasteiger partial charge in [-0.25, -0.2) is 0 Å². The third kappa shape index (κ3) is 3.73. The van der Waals surface area contributed by atoms with E-state index in [-0.39, 0.29) is 24.1 Å². The minimum absolute atomic E-state index is 0.0930. The number of fused-ring (bicyclic) bond motifs is 2. The van der Waals surface area contributed by atoms with Crippen molar-refractivity contribution in [3.05, 3.63) is 42.5 Å². The summed E-state index contributed by atoms with van der Waals surface area (Å²) in [5.41, 5.74) is 0.676. The zero-order valence-corrected chi connectivity index (χ0v) is 16.2. The maximum Gasteiger partial charge on any atom is 0.262 e. The summed E-state index contributed by atoms with van der Waals surface area (Å²) in [7, 11) is 1.55. The van der Waals surface area contributed by atoms with Gasteiger partial charge in [0.05, 0.1) is 18.0 Å². The first-order valence-electron chi connectivity index (χ1n) is 8.96. The van der Waals surface area contributed by atoms with Crippen LogP contribution in [0.3, 0.4) is 0 Å². The van der Waals surface area contributed by atoms with E-state index in [0.717, 1.165) is 10.6 Å². The molecule has 2 heterocycles. The number of nitrogens with one attached hydrogen (secondary N) is 1. The van der Waals surface area contributed by atoms with E-state index in [1.165, 1.54) is 11.8 Å². The zero-order chi connectivity index (χ0) is 19.5. The summed E-state index contributed by atoms with van der Waals surface area (Å²) in [6, 6.07) is 12.9. The van der Waals surface area contributed by atoms with E-state index in [4.69, 9.17) is 14.2 Å². The van der Waals surface area contributed by atoms with Gasteiger partial charge in [0, 0.05) is 11.9 Å². The molecule has 0 saturated carbocycles. The van der Waals surface area contributed by atoms with Crippen LogP contribution in [-0.4, -0.2) is 50.5 Å². The molecule has 0 spiro atoms. The lowest BCUT2D eigenvalue weighted by Crippen LogP contribution is -2.50. The average Bonchev–Trinajstić information content (AvgIpc) is 2.75. The molecule has 7 nitrogen and oxygen atoms in total. The number of benzene rings is 2. The maximum absolute atomic E-state index is 12.9. The van der Waals surface area contributed by atoms with E-state index in [1.807, 2.05) is 36.4 Å². The normalized spacial score (nSPS) is 17.3. The highest BCUT2D eigenvalue weighted by Gasteiger charge is 2.33. The average molecular weight is 400 g/mol. The van der Waals surface area contributed by atoms with Crippen molar-refractivity contribution in [2.75, 3.05) is 37.5 Å². The summed E-state index contributed by atoms with van der Waals surface area (Å²) in [6.07, 6.45) is -0.733. The van der Waals surface area contributed by atoms with Crippen LogP contribution in [0, 0.1) is 0 Å². The molecule has 1 N–H and O–H groups in total. The molecule has 0 saturated heterocycles. The Balaban J connectivity index is 1.48. The van der Waals surface area contributed by atoms with Gasteiger partial charge in [-0.15, -0.1) is 11.8 Å². The van der Waals surface area contributed by atoms with Crippen molar-refractivity contribution in [1.29, 1.82) is 0 Å². The lowest BCUT2D eigenvalue weighted by atomic mass is 10.2. The minimum Gasteiger partial charge on any atom is -0.486 e. The van der Waals surface area contributed by atoms with Crippen molar-refractivity contribution in [3.8, 4) is 17.2 Å². The van der Waals surface area contributed by atoms with E-state index in [2.05, 4.69) is 5.32 Å². The fourth-order valence-corrected chi connectivity index (χ4v) is 3.91. The largest absolute Gasteiger partial charge is 0.486 e. The molecule has 28 heavy (non-hydrogen) atoms. The highest BCUT2D eigenvalue weighted by Crippen LogP contribution is 2.36. The van der Waals surface area contributed by atoms with Crippen LogP contribution < -0.4 is 24.4 Å². The fourth-order valence-electron chi connectivity index (χ4n) is 3.10. The summed E-state index contributed by atoms with van der Waals surface area (Å²) < 4.78 is 16.9. The molecule has 0 fully saturated rings. The highest BCUT2D eigenvalue weighted by atomic mass is 32.2. The topological polar surface area (TPSA) is 77.1 Å². The number of likely N-dealkylation sites (N-methyl/N-ethyl adjacent to an activating group) is 1. The molecule has 2 amide bonds. The molecule has 2 aliphatic rings. The summed E-state index contributed by atoms with van der Waals surface area (Å²) in [5, 5.41) is 2.58. The Labute approximate surface area is 166 Å². The van der Waals surface area contributed by atoms with Gasteiger partial charge in [0.15, 0.2) is 17.6 Å². The second-order valence-corrected chi connectivity index (χ2v) is 7.34. The third-order valence-electron chi connectivity index (χ3n) is 4.49. The summed E-state index contributed by atoms with van der Waals surface area (Å²) >= 11 is 1.42. The van der Waals surface area contributed by atoms with Crippen LogP contribution in [-0.2, 0) is 9.59 Å². The summed E-state index contributed by atoms with van der Waals surface area (Å²) in [4.78, 5) is 27.5. The SMILES string of the molecule is CNC(=O)[C@@H]1CN(C(=O)CSc2ccc3c(c2)OCCO3)c2ccccc2O1. The predicted octanol–water partition coefficient (Wildman–Crippen LogP) is 2.09. The van der Waals surface area contributed by atoms with E-state index < -0.39 is 6.10 Å². The van der Waals surface area contributed by atoms with Gasteiger partial charge < -0.3 is 24.4 Å². The third-order valence-corrected chi connectivity index (χ3v) is 5.47. The highest BCUT2D eigenvalue weighted by molar-refractivity contribution is 8.00. The van der Waals surface area contributed by atoms with E-state index in [1.54, 1.807) is 18.0 Å². The standard InChI is InChI=1S/C20H20N2O5S/c1-21-20(24)18-11-22(14-4-2-3-5-15(14)27-18)19(23)12-28-13-6-7-16-17(10-13)26-9-8-25-16/h2-7,10,18H,8-9,11-12H2,1H3,(H,21,24)/t18-/m0/s1. The molecule has 0 aliphatic carbocycles. The van der Waals surface area contributed by atoms with Crippen LogP contribution in [0.1, 0.15) is 0 Å². The van der Waals surface area contributed by atoms with Gasteiger partial charge in [0.1, 0.15) is 19.0 Å². The lowest BCUT2D eigenvalue weighted by molar-refractivity contribution is -0.127. The number of hydrogen-bond acceptors (Lipinski definition) is 6. The van der Waals surface area contributed by atoms with Crippen molar-refractivity contribution < 1.29 is 23.8 Å². The number of ether oxygens (including phenoxy) is 3. The second kappa shape index (κ2) is 8.02. The number of carbonyl (C=O) groups excluding carboxylic acids is 2. The number of para-hydroxylation sites is 2. The van der Waals surface area contributed by atoms with Crippen molar-refractivity contribution in [2.45, 2.75) is 11.0 Å². The molecular formula is C20H20N2O5S. The van der Waals surface area contributed by atoms with Crippen LogP contribution >= 0.6 is 11.8 Å². The van der Waals surface area contributed by atoms with Crippen LogP contribution in [0.15, 0.2) is 47.4 Å². The fraction of sp³-hybridized carbons (Fsp3) is 0.300. The molecule has 0 unspecified atom stereocenters. The molecular weight excluding hydrogens is 380 g/mol. The molecule has 2 aliphatic heterocycles. The first kappa shape index (κ1) is 18.5. The number of thioether (sulfide) groups is 1. The molecule has 0 bridgehead atoms.